The van der Waals surface area contributed by atoms with Crippen molar-refractivity contribution in [3.8, 4) is 0 Å². The second-order valence-corrected chi connectivity index (χ2v) is 4.59. The van der Waals surface area contributed by atoms with Crippen LogP contribution >= 0.6 is 11.3 Å². The molecule has 20 heavy (non-hydrogen) atoms. The topological polar surface area (TPSA) is 124 Å². The van der Waals surface area contributed by atoms with Crippen LogP contribution in [-0.2, 0) is 6.42 Å². The number of nitrogens with two attached hydrogens (primary N) is 1. The van der Waals surface area contributed by atoms with Crippen LogP contribution in [0.4, 0.5) is 11.5 Å². The van der Waals surface area contributed by atoms with E-state index in [1.807, 2.05) is 5.38 Å². The van der Waals surface area contributed by atoms with Crippen molar-refractivity contribution >= 4 is 28.7 Å². The maximum atomic E-state index is 11.9. The summed E-state index contributed by atoms with van der Waals surface area (Å²) in [5.74, 6) is -0.499. The molecule has 0 saturated heterocycles. The summed E-state index contributed by atoms with van der Waals surface area (Å²) >= 11 is 1.47. The number of rotatable bonds is 5. The lowest BCUT2D eigenvalue weighted by atomic mass is 10.2. The van der Waals surface area contributed by atoms with Crippen molar-refractivity contribution in [3.05, 3.63) is 44.5 Å². The van der Waals surface area contributed by atoms with E-state index in [9.17, 15) is 14.9 Å². The van der Waals surface area contributed by atoms with Gasteiger partial charge in [-0.2, -0.15) is 0 Å². The molecule has 0 atom stereocenters. The van der Waals surface area contributed by atoms with Crippen molar-refractivity contribution in [2.45, 2.75) is 6.42 Å². The van der Waals surface area contributed by atoms with Gasteiger partial charge in [-0.1, -0.05) is 0 Å². The van der Waals surface area contributed by atoms with Gasteiger partial charge in [0.25, 0.3) is 11.6 Å². The molecule has 0 aliphatic carbocycles. The Labute approximate surface area is 117 Å². The lowest BCUT2D eigenvalue weighted by Gasteiger charge is -2.05. The SMILES string of the molecule is Nc1cc(C(=O)NCCc2cscn2)c([N+](=O)[O-])cn1. The van der Waals surface area contributed by atoms with Crippen LogP contribution in [0.1, 0.15) is 16.1 Å². The molecule has 2 heterocycles. The van der Waals surface area contributed by atoms with Crippen LogP contribution in [0.25, 0.3) is 0 Å². The number of amides is 1. The Kier molecular flexibility index (Phi) is 4.20. The van der Waals surface area contributed by atoms with Gasteiger partial charge in [-0.05, 0) is 6.07 Å². The number of nitrogen functional groups attached to an aromatic ring is 1. The molecule has 2 aromatic rings. The minimum absolute atomic E-state index is 0.0558. The molecule has 0 fully saturated rings. The molecular weight excluding hydrogens is 282 g/mol. The highest BCUT2D eigenvalue weighted by molar-refractivity contribution is 7.07. The largest absolute Gasteiger partial charge is 0.384 e. The van der Waals surface area contributed by atoms with Crippen LogP contribution in [0.5, 0.6) is 0 Å². The summed E-state index contributed by atoms with van der Waals surface area (Å²) in [5.41, 5.74) is 7.54. The summed E-state index contributed by atoms with van der Waals surface area (Å²) in [4.78, 5) is 29.8. The number of hydrogen-bond donors (Lipinski definition) is 2. The number of anilines is 1. The first kappa shape index (κ1) is 13.9. The predicted molar refractivity (Wildman–Crippen MR) is 73.5 cm³/mol. The maximum Gasteiger partial charge on any atom is 0.300 e. The van der Waals surface area contributed by atoms with E-state index in [0.29, 0.717) is 13.0 Å². The highest BCUT2D eigenvalue weighted by Crippen LogP contribution is 2.18. The van der Waals surface area contributed by atoms with Gasteiger partial charge in [0.05, 0.1) is 16.1 Å². The number of nitrogens with zero attached hydrogens (tertiary/aromatic N) is 3. The van der Waals surface area contributed by atoms with E-state index in [2.05, 4.69) is 15.3 Å². The molecule has 2 aromatic heterocycles. The summed E-state index contributed by atoms with van der Waals surface area (Å²) in [6.07, 6.45) is 1.54. The molecule has 8 nitrogen and oxygen atoms in total. The molecule has 2 rings (SSSR count). The third-order valence-corrected chi connectivity index (χ3v) is 3.13. The monoisotopic (exact) mass is 293 g/mol. The van der Waals surface area contributed by atoms with Crippen LogP contribution in [-0.4, -0.2) is 27.3 Å². The molecule has 3 N–H and O–H groups in total. The Morgan fingerprint density at radius 3 is 2.95 bits per heavy atom. The molecule has 0 radical (unpaired) electrons. The van der Waals surface area contributed by atoms with Crippen LogP contribution in [0.2, 0.25) is 0 Å². The van der Waals surface area contributed by atoms with Gasteiger partial charge in [0.15, 0.2) is 0 Å². The Morgan fingerprint density at radius 2 is 2.30 bits per heavy atom. The lowest BCUT2D eigenvalue weighted by molar-refractivity contribution is -0.385. The van der Waals surface area contributed by atoms with Crippen molar-refractivity contribution in [2.75, 3.05) is 12.3 Å². The summed E-state index contributed by atoms with van der Waals surface area (Å²) < 4.78 is 0. The van der Waals surface area contributed by atoms with Gasteiger partial charge in [-0.15, -0.1) is 11.3 Å². The molecule has 0 aliphatic heterocycles. The maximum absolute atomic E-state index is 11.9. The molecule has 0 unspecified atom stereocenters. The van der Waals surface area contributed by atoms with Crippen LogP contribution in [0.15, 0.2) is 23.2 Å². The summed E-state index contributed by atoms with van der Waals surface area (Å²) in [6.45, 7) is 0.335. The van der Waals surface area contributed by atoms with Crippen LogP contribution in [0.3, 0.4) is 0 Å². The zero-order chi connectivity index (χ0) is 14.5. The second kappa shape index (κ2) is 6.06. The molecule has 104 valence electrons. The average molecular weight is 293 g/mol. The van der Waals surface area contributed by atoms with Gasteiger partial charge >= 0.3 is 0 Å². The van der Waals surface area contributed by atoms with E-state index in [1.54, 1.807) is 5.51 Å². The van der Waals surface area contributed by atoms with Crippen molar-refractivity contribution in [2.24, 2.45) is 0 Å². The van der Waals surface area contributed by atoms with E-state index in [-0.39, 0.29) is 17.1 Å². The molecule has 0 bridgehead atoms. The highest BCUT2D eigenvalue weighted by Gasteiger charge is 2.20. The zero-order valence-electron chi connectivity index (χ0n) is 10.3. The number of thiazole rings is 1. The van der Waals surface area contributed by atoms with Crippen LogP contribution < -0.4 is 11.1 Å². The Balaban J connectivity index is 2.05. The fourth-order valence-corrected chi connectivity index (χ4v) is 2.14. The molecule has 0 aromatic carbocycles. The molecule has 9 heteroatoms. The highest BCUT2D eigenvalue weighted by atomic mass is 32.1. The first-order valence-corrected chi connectivity index (χ1v) is 6.57. The van der Waals surface area contributed by atoms with Crippen molar-refractivity contribution in [1.82, 2.24) is 15.3 Å². The number of hydrogen-bond acceptors (Lipinski definition) is 7. The average Bonchev–Trinajstić information content (AvgIpc) is 2.91. The van der Waals surface area contributed by atoms with E-state index < -0.39 is 10.8 Å². The number of aromatic nitrogens is 2. The van der Waals surface area contributed by atoms with E-state index in [1.165, 1.54) is 17.4 Å². The molecular formula is C11H11N5O3S. The summed E-state index contributed by atoms with van der Waals surface area (Å²) in [7, 11) is 0. The Bertz CT molecular complexity index is 629. The van der Waals surface area contributed by atoms with Crippen LogP contribution in [0, 0.1) is 10.1 Å². The molecule has 0 saturated carbocycles. The fourth-order valence-electron chi connectivity index (χ4n) is 1.55. The lowest BCUT2D eigenvalue weighted by Crippen LogP contribution is -2.26. The van der Waals surface area contributed by atoms with Crippen molar-refractivity contribution in [1.29, 1.82) is 0 Å². The summed E-state index contributed by atoms with van der Waals surface area (Å²) in [5, 5.41) is 15.3. The van der Waals surface area contributed by atoms with Gasteiger partial charge in [-0.3, -0.25) is 14.9 Å². The van der Waals surface area contributed by atoms with E-state index in [4.69, 9.17) is 5.73 Å². The molecule has 0 aliphatic rings. The third kappa shape index (κ3) is 3.26. The minimum Gasteiger partial charge on any atom is -0.384 e. The minimum atomic E-state index is -0.665. The quantitative estimate of drug-likeness (QED) is 0.626. The Hall–Kier alpha value is -2.55. The standard InChI is InChI=1S/C11H11N5O3S/c12-10-3-8(9(4-14-10)16(18)19)11(17)13-2-1-7-5-20-6-15-7/h3-6H,1-2H2,(H2,12,14)(H,13,17). The van der Waals surface area contributed by atoms with Gasteiger partial charge in [0, 0.05) is 18.3 Å². The van der Waals surface area contributed by atoms with Gasteiger partial charge < -0.3 is 11.1 Å². The zero-order valence-corrected chi connectivity index (χ0v) is 11.1. The second-order valence-electron chi connectivity index (χ2n) is 3.87. The number of pyridine rings is 1. The number of nitrogens with one attached hydrogen (secondary N) is 1. The number of carbonyl (C=O) groups is 1. The molecule has 0 spiro atoms. The fraction of sp³-hybridized carbons (Fsp3) is 0.182. The summed E-state index contributed by atoms with van der Waals surface area (Å²) in [6, 6.07) is 1.19. The number of nitro groups is 1. The first-order chi connectivity index (χ1) is 9.58. The van der Waals surface area contributed by atoms with Crippen molar-refractivity contribution in [3.63, 3.8) is 0 Å². The van der Waals surface area contributed by atoms with Gasteiger partial charge in [-0.25, -0.2) is 9.97 Å². The predicted octanol–water partition coefficient (Wildman–Crippen LogP) is 1.00. The smallest absolute Gasteiger partial charge is 0.300 e. The van der Waals surface area contributed by atoms with E-state index in [0.717, 1.165) is 11.9 Å². The van der Waals surface area contributed by atoms with Crippen molar-refractivity contribution < 1.29 is 9.72 Å². The normalized spacial score (nSPS) is 10.2. The first-order valence-electron chi connectivity index (χ1n) is 5.63. The molecule has 1 amide bonds. The van der Waals surface area contributed by atoms with E-state index >= 15 is 0 Å². The van der Waals surface area contributed by atoms with Gasteiger partial charge in [0.1, 0.15) is 17.6 Å². The number of carbonyl (C=O) groups excluding carboxylic acids is 1. The third-order valence-electron chi connectivity index (χ3n) is 2.50. The van der Waals surface area contributed by atoms with Gasteiger partial charge in [0.2, 0.25) is 0 Å². The Morgan fingerprint density at radius 1 is 1.50 bits per heavy atom.